The molecule has 0 aliphatic rings. The van der Waals surface area contributed by atoms with Gasteiger partial charge < -0.3 is 9.47 Å². The van der Waals surface area contributed by atoms with Crippen LogP contribution < -0.4 is 0 Å². The summed E-state index contributed by atoms with van der Waals surface area (Å²) >= 11 is 0. The average molecular weight is 236 g/mol. The second-order valence-electron chi connectivity index (χ2n) is 3.14. The third-order valence-electron chi connectivity index (χ3n) is 1.85. The Hall–Kier alpha value is -2.17. The van der Waals surface area contributed by atoms with E-state index in [1.165, 1.54) is 0 Å². The maximum atomic E-state index is 11.4. The average Bonchev–Trinajstić information content (AvgIpc) is 2.36. The van der Waals surface area contributed by atoms with Crippen LogP contribution in [0.25, 0.3) is 0 Å². The van der Waals surface area contributed by atoms with Crippen LogP contribution in [0.4, 0.5) is 0 Å². The van der Waals surface area contributed by atoms with Crippen LogP contribution in [-0.2, 0) is 19.1 Å². The van der Waals surface area contributed by atoms with E-state index in [9.17, 15) is 14.4 Å². The Bertz CT molecular complexity index is 410. The van der Waals surface area contributed by atoms with Crippen molar-refractivity contribution in [2.24, 2.45) is 0 Å². The molecule has 0 heterocycles. The van der Waals surface area contributed by atoms with Crippen molar-refractivity contribution in [3.05, 3.63) is 35.9 Å². The van der Waals surface area contributed by atoms with E-state index in [0.717, 1.165) is 0 Å². The summed E-state index contributed by atoms with van der Waals surface area (Å²) in [6, 6.07) is 8.23. The summed E-state index contributed by atoms with van der Waals surface area (Å²) in [5, 5.41) is 0. The molecule has 0 aromatic heterocycles. The zero-order valence-corrected chi connectivity index (χ0v) is 9.34. The van der Waals surface area contributed by atoms with Crippen molar-refractivity contribution in [2.45, 2.75) is 13.3 Å². The summed E-state index contributed by atoms with van der Waals surface area (Å²) in [5.74, 6) is -2.15. The van der Waals surface area contributed by atoms with Gasteiger partial charge in [-0.25, -0.2) is 9.59 Å². The molecule has 0 radical (unpaired) electrons. The van der Waals surface area contributed by atoms with Crippen molar-refractivity contribution in [1.82, 2.24) is 0 Å². The molecule has 0 aliphatic heterocycles. The van der Waals surface area contributed by atoms with Gasteiger partial charge in [0.15, 0.2) is 6.61 Å². The third-order valence-corrected chi connectivity index (χ3v) is 1.85. The summed E-state index contributed by atoms with van der Waals surface area (Å²) in [4.78, 5) is 33.2. The molecule has 1 rings (SSSR count). The first kappa shape index (κ1) is 12.9. The maximum Gasteiger partial charge on any atom is 0.351 e. The summed E-state index contributed by atoms with van der Waals surface area (Å²) in [5.41, 5.74) is 0.335. The molecule has 0 aliphatic carbocycles. The first-order valence-corrected chi connectivity index (χ1v) is 5.09. The minimum atomic E-state index is -0.874. The molecule has 0 atom stereocenters. The minimum absolute atomic E-state index is 0.0956. The van der Waals surface area contributed by atoms with Gasteiger partial charge >= 0.3 is 17.9 Å². The van der Waals surface area contributed by atoms with E-state index >= 15 is 0 Å². The first-order valence-electron chi connectivity index (χ1n) is 5.09. The maximum absolute atomic E-state index is 11.4. The molecule has 17 heavy (non-hydrogen) atoms. The van der Waals surface area contributed by atoms with Crippen molar-refractivity contribution in [3.63, 3.8) is 0 Å². The van der Waals surface area contributed by atoms with Gasteiger partial charge in [0.2, 0.25) is 0 Å². The number of hydrogen-bond acceptors (Lipinski definition) is 5. The highest BCUT2D eigenvalue weighted by molar-refractivity contribution is 5.92. The standard InChI is InChI=1S/C12H12O5/c1-2-10(13)17-11(14)8-16-12(15)9-6-4-3-5-7-9/h3-7H,2,8H2,1H3. The molecule has 0 bridgehead atoms. The van der Waals surface area contributed by atoms with Gasteiger partial charge in [0, 0.05) is 6.42 Å². The Balaban J connectivity index is 2.39. The van der Waals surface area contributed by atoms with Gasteiger partial charge in [-0.2, -0.15) is 0 Å². The zero-order chi connectivity index (χ0) is 12.7. The molecule has 1 aromatic carbocycles. The van der Waals surface area contributed by atoms with E-state index in [4.69, 9.17) is 0 Å². The van der Waals surface area contributed by atoms with Gasteiger partial charge in [-0.15, -0.1) is 0 Å². The van der Waals surface area contributed by atoms with E-state index in [-0.39, 0.29) is 6.42 Å². The van der Waals surface area contributed by atoms with Crippen molar-refractivity contribution < 1.29 is 23.9 Å². The molecule has 0 unspecified atom stereocenters. The molecule has 5 nitrogen and oxygen atoms in total. The van der Waals surface area contributed by atoms with Crippen LogP contribution in [0.3, 0.4) is 0 Å². The number of rotatable bonds is 4. The lowest BCUT2D eigenvalue weighted by Gasteiger charge is -2.03. The zero-order valence-electron chi connectivity index (χ0n) is 9.34. The molecule has 1 aromatic rings. The van der Waals surface area contributed by atoms with E-state index < -0.39 is 24.5 Å². The van der Waals surface area contributed by atoms with Gasteiger partial charge in [-0.3, -0.25) is 4.79 Å². The highest BCUT2D eigenvalue weighted by Crippen LogP contribution is 2.01. The topological polar surface area (TPSA) is 69.7 Å². The second-order valence-corrected chi connectivity index (χ2v) is 3.14. The molecule has 0 amide bonds. The van der Waals surface area contributed by atoms with Crippen molar-refractivity contribution in [2.75, 3.05) is 6.61 Å². The summed E-state index contributed by atoms with van der Waals surface area (Å²) < 4.78 is 9.00. The highest BCUT2D eigenvalue weighted by Gasteiger charge is 2.12. The fourth-order valence-electron chi connectivity index (χ4n) is 1.01. The Morgan fingerprint density at radius 2 is 1.71 bits per heavy atom. The van der Waals surface area contributed by atoms with Gasteiger partial charge in [0.1, 0.15) is 0 Å². The molecule has 0 saturated carbocycles. The van der Waals surface area contributed by atoms with Gasteiger partial charge in [0.05, 0.1) is 5.56 Å². The molecule has 0 saturated heterocycles. The molecular formula is C12H12O5. The van der Waals surface area contributed by atoms with Gasteiger partial charge in [0.25, 0.3) is 0 Å². The molecule has 5 heteroatoms. The third kappa shape index (κ3) is 4.46. The predicted molar refractivity (Wildman–Crippen MR) is 58.1 cm³/mol. The Morgan fingerprint density at radius 1 is 1.06 bits per heavy atom. The lowest BCUT2D eigenvalue weighted by Crippen LogP contribution is -2.19. The minimum Gasteiger partial charge on any atom is -0.450 e. The Labute approximate surface area is 98.3 Å². The molecule has 0 fully saturated rings. The lowest BCUT2D eigenvalue weighted by molar-refractivity contribution is -0.161. The van der Waals surface area contributed by atoms with Crippen LogP contribution in [0.15, 0.2) is 30.3 Å². The van der Waals surface area contributed by atoms with Crippen LogP contribution in [0.5, 0.6) is 0 Å². The first-order chi connectivity index (χ1) is 8.13. The van der Waals surface area contributed by atoms with Crippen molar-refractivity contribution in [1.29, 1.82) is 0 Å². The van der Waals surface area contributed by atoms with E-state index in [1.807, 2.05) is 0 Å². The predicted octanol–water partition coefficient (Wildman–Crippen LogP) is 1.32. The summed E-state index contributed by atoms with van der Waals surface area (Å²) in [6.07, 6.45) is 0.0956. The van der Waals surface area contributed by atoms with Crippen LogP contribution in [0, 0.1) is 0 Å². The monoisotopic (exact) mass is 236 g/mol. The smallest absolute Gasteiger partial charge is 0.351 e. The number of esters is 3. The number of carbonyl (C=O) groups is 3. The summed E-state index contributed by atoms with van der Waals surface area (Å²) in [6.45, 7) is 0.991. The van der Waals surface area contributed by atoms with Crippen molar-refractivity contribution in [3.8, 4) is 0 Å². The van der Waals surface area contributed by atoms with E-state index in [2.05, 4.69) is 9.47 Å². The van der Waals surface area contributed by atoms with Gasteiger partial charge in [-0.05, 0) is 12.1 Å². The van der Waals surface area contributed by atoms with E-state index in [1.54, 1.807) is 37.3 Å². The lowest BCUT2D eigenvalue weighted by atomic mass is 10.2. The molecular weight excluding hydrogens is 224 g/mol. The number of benzene rings is 1. The molecule has 90 valence electrons. The number of hydrogen-bond donors (Lipinski definition) is 0. The van der Waals surface area contributed by atoms with Gasteiger partial charge in [-0.1, -0.05) is 25.1 Å². The van der Waals surface area contributed by atoms with Crippen LogP contribution in [-0.4, -0.2) is 24.5 Å². The van der Waals surface area contributed by atoms with Crippen LogP contribution in [0.2, 0.25) is 0 Å². The highest BCUT2D eigenvalue weighted by atomic mass is 16.6. The largest absolute Gasteiger partial charge is 0.450 e. The fourth-order valence-corrected chi connectivity index (χ4v) is 1.01. The van der Waals surface area contributed by atoms with E-state index in [0.29, 0.717) is 5.56 Å². The Morgan fingerprint density at radius 3 is 2.29 bits per heavy atom. The quantitative estimate of drug-likeness (QED) is 0.582. The Kier molecular flexibility index (Phi) is 4.87. The molecule has 0 N–H and O–H groups in total. The fraction of sp³-hybridized carbons (Fsp3) is 0.250. The second kappa shape index (κ2) is 6.42. The normalized spacial score (nSPS) is 9.47. The number of carbonyl (C=O) groups excluding carboxylic acids is 3. The van der Waals surface area contributed by atoms with Crippen LogP contribution >= 0.6 is 0 Å². The van der Waals surface area contributed by atoms with Crippen LogP contribution in [0.1, 0.15) is 23.7 Å². The SMILES string of the molecule is CCC(=O)OC(=O)COC(=O)c1ccccc1. The molecule has 0 spiro atoms. The number of ether oxygens (including phenoxy) is 2. The van der Waals surface area contributed by atoms with Crippen molar-refractivity contribution >= 4 is 17.9 Å². The summed E-state index contributed by atoms with van der Waals surface area (Å²) in [7, 11) is 0.